The first kappa shape index (κ1) is 15.9. The Kier molecular flexibility index (Phi) is 6.57. The van der Waals surface area contributed by atoms with Crippen LogP contribution in [0.15, 0.2) is 0 Å². The highest BCUT2D eigenvalue weighted by Crippen LogP contribution is 2.19. The SMILES string of the molecule is COCC1CCCN(CCC(N)C(C)(C)OC)C1. The smallest absolute Gasteiger partial charge is 0.0773 e. The van der Waals surface area contributed by atoms with E-state index in [-0.39, 0.29) is 11.6 Å². The van der Waals surface area contributed by atoms with Crippen LogP contribution in [0.3, 0.4) is 0 Å². The summed E-state index contributed by atoms with van der Waals surface area (Å²) >= 11 is 0. The third-order valence-corrected chi connectivity index (χ3v) is 4.18. The van der Waals surface area contributed by atoms with E-state index in [1.165, 1.54) is 19.4 Å². The minimum absolute atomic E-state index is 0.0882. The van der Waals surface area contributed by atoms with Gasteiger partial charge in [0, 0.05) is 26.8 Å². The van der Waals surface area contributed by atoms with E-state index in [9.17, 15) is 0 Å². The van der Waals surface area contributed by atoms with E-state index in [2.05, 4.69) is 18.7 Å². The van der Waals surface area contributed by atoms with Gasteiger partial charge in [0.25, 0.3) is 0 Å². The maximum atomic E-state index is 6.20. The number of ether oxygens (including phenoxy) is 2. The summed E-state index contributed by atoms with van der Waals surface area (Å²) in [6.07, 6.45) is 3.55. The lowest BCUT2D eigenvalue weighted by molar-refractivity contribution is -0.00533. The van der Waals surface area contributed by atoms with Crippen molar-refractivity contribution in [3.63, 3.8) is 0 Å². The van der Waals surface area contributed by atoms with Crippen molar-refractivity contribution in [1.82, 2.24) is 4.90 Å². The van der Waals surface area contributed by atoms with E-state index in [1.54, 1.807) is 14.2 Å². The first-order valence-electron chi connectivity index (χ1n) is 7.01. The maximum Gasteiger partial charge on any atom is 0.0773 e. The molecule has 2 N–H and O–H groups in total. The summed E-state index contributed by atoms with van der Waals surface area (Å²) in [6.45, 7) is 8.40. The molecule has 0 bridgehead atoms. The third-order valence-electron chi connectivity index (χ3n) is 4.18. The van der Waals surface area contributed by atoms with Gasteiger partial charge in [0.05, 0.1) is 12.2 Å². The quantitative estimate of drug-likeness (QED) is 0.751. The van der Waals surface area contributed by atoms with Gasteiger partial charge in [-0.2, -0.15) is 0 Å². The second-order valence-corrected chi connectivity index (χ2v) is 5.97. The molecule has 1 aliphatic heterocycles. The van der Waals surface area contributed by atoms with Crippen molar-refractivity contribution in [3.05, 3.63) is 0 Å². The fraction of sp³-hybridized carbons (Fsp3) is 1.00. The number of hydrogen-bond acceptors (Lipinski definition) is 4. The molecule has 4 heteroatoms. The van der Waals surface area contributed by atoms with Gasteiger partial charge in [0.1, 0.15) is 0 Å². The predicted molar refractivity (Wildman–Crippen MR) is 74.7 cm³/mol. The number of likely N-dealkylation sites (tertiary alicyclic amines) is 1. The second-order valence-electron chi connectivity index (χ2n) is 5.97. The molecule has 0 amide bonds. The van der Waals surface area contributed by atoms with Gasteiger partial charge in [-0.25, -0.2) is 0 Å². The molecule has 108 valence electrons. The Hall–Kier alpha value is -0.160. The fourth-order valence-corrected chi connectivity index (χ4v) is 2.55. The molecule has 0 aromatic heterocycles. The second kappa shape index (κ2) is 7.43. The van der Waals surface area contributed by atoms with Crippen LogP contribution in [0.1, 0.15) is 33.1 Å². The summed E-state index contributed by atoms with van der Waals surface area (Å²) < 4.78 is 10.7. The van der Waals surface area contributed by atoms with Gasteiger partial charge in [-0.1, -0.05) is 0 Å². The number of rotatable bonds is 7. The van der Waals surface area contributed by atoms with Crippen LogP contribution >= 0.6 is 0 Å². The van der Waals surface area contributed by atoms with Crippen molar-refractivity contribution in [2.24, 2.45) is 11.7 Å². The lowest BCUT2D eigenvalue weighted by Crippen LogP contribution is -2.47. The number of nitrogens with zero attached hydrogens (tertiary/aromatic N) is 1. The summed E-state index contributed by atoms with van der Waals surface area (Å²) in [5, 5.41) is 0. The van der Waals surface area contributed by atoms with Crippen LogP contribution in [0, 0.1) is 5.92 Å². The normalized spacial score (nSPS) is 24.2. The molecule has 0 aromatic carbocycles. The van der Waals surface area contributed by atoms with Crippen molar-refractivity contribution in [2.75, 3.05) is 40.5 Å². The highest BCUT2D eigenvalue weighted by molar-refractivity contribution is 4.84. The lowest BCUT2D eigenvalue weighted by atomic mass is 9.94. The molecule has 4 nitrogen and oxygen atoms in total. The predicted octanol–water partition coefficient (Wildman–Crippen LogP) is 1.49. The summed E-state index contributed by atoms with van der Waals surface area (Å²) in [5.74, 6) is 0.690. The number of hydrogen-bond donors (Lipinski definition) is 1. The van der Waals surface area contributed by atoms with Crippen LogP contribution in [0.25, 0.3) is 0 Å². The fourth-order valence-electron chi connectivity index (χ4n) is 2.55. The molecule has 1 saturated heterocycles. The molecule has 1 fully saturated rings. The van der Waals surface area contributed by atoms with E-state index in [0.717, 1.165) is 26.1 Å². The van der Waals surface area contributed by atoms with Crippen LogP contribution in [0.4, 0.5) is 0 Å². The van der Waals surface area contributed by atoms with Crippen LogP contribution in [-0.4, -0.2) is 57.0 Å². The Morgan fingerprint density at radius 1 is 1.39 bits per heavy atom. The zero-order chi connectivity index (χ0) is 13.6. The standard InChI is InChI=1S/C14H30N2O2/c1-14(2,18-4)13(15)7-9-16-8-5-6-12(10-16)11-17-3/h12-13H,5-11,15H2,1-4H3. The summed E-state index contributed by atoms with van der Waals surface area (Å²) in [4.78, 5) is 2.51. The van der Waals surface area contributed by atoms with E-state index < -0.39 is 0 Å². The van der Waals surface area contributed by atoms with E-state index in [4.69, 9.17) is 15.2 Å². The summed E-state index contributed by atoms with van der Waals surface area (Å²) in [6, 6.07) is 0.0882. The molecule has 2 atom stereocenters. The zero-order valence-corrected chi connectivity index (χ0v) is 12.4. The van der Waals surface area contributed by atoms with Gasteiger partial charge in [0.15, 0.2) is 0 Å². The largest absolute Gasteiger partial charge is 0.384 e. The lowest BCUT2D eigenvalue weighted by Gasteiger charge is -2.35. The Bertz CT molecular complexity index is 232. The number of nitrogens with two attached hydrogens (primary N) is 1. The van der Waals surface area contributed by atoms with Crippen LogP contribution in [0.2, 0.25) is 0 Å². The van der Waals surface area contributed by atoms with Gasteiger partial charge < -0.3 is 20.1 Å². The Morgan fingerprint density at radius 2 is 2.11 bits per heavy atom. The van der Waals surface area contributed by atoms with E-state index in [1.807, 2.05) is 0 Å². The highest BCUT2D eigenvalue weighted by Gasteiger charge is 2.27. The molecular weight excluding hydrogens is 228 g/mol. The van der Waals surface area contributed by atoms with Gasteiger partial charge >= 0.3 is 0 Å². The van der Waals surface area contributed by atoms with Crippen LogP contribution in [-0.2, 0) is 9.47 Å². The minimum atomic E-state index is -0.234. The zero-order valence-electron chi connectivity index (χ0n) is 12.4. The first-order chi connectivity index (χ1) is 8.49. The monoisotopic (exact) mass is 258 g/mol. The molecule has 18 heavy (non-hydrogen) atoms. The molecule has 1 heterocycles. The van der Waals surface area contributed by atoms with Crippen molar-refractivity contribution < 1.29 is 9.47 Å². The molecule has 1 aliphatic rings. The molecule has 0 saturated carbocycles. The molecule has 2 unspecified atom stereocenters. The van der Waals surface area contributed by atoms with Crippen molar-refractivity contribution >= 4 is 0 Å². The van der Waals surface area contributed by atoms with Gasteiger partial charge in [0.2, 0.25) is 0 Å². The maximum absolute atomic E-state index is 6.20. The summed E-state index contributed by atoms with van der Waals surface area (Å²) in [5.41, 5.74) is 5.96. The summed E-state index contributed by atoms with van der Waals surface area (Å²) in [7, 11) is 3.52. The van der Waals surface area contributed by atoms with Crippen molar-refractivity contribution in [1.29, 1.82) is 0 Å². The Morgan fingerprint density at radius 3 is 2.72 bits per heavy atom. The van der Waals surface area contributed by atoms with Crippen LogP contribution in [0.5, 0.6) is 0 Å². The van der Waals surface area contributed by atoms with E-state index in [0.29, 0.717) is 5.92 Å². The first-order valence-corrected chi connectivity index (χ1v) is 7.01. The van der Waals surface area contributed by atoms with Gasteiger partial charge in [-0.3, -0.25) is 0 Å². The number of piperidine rings is 1. The third kappa shape index (κ3) is 4.84. The Balaban J connectivity index is 2.30. The molecule has 1 rings (SSSR count). The van der Waals surface area contributed by atoms with Crippen molar-refractivity contribution in [2.45, 2.75) is 44.8 Å². The van der Waals surface area contributed by atoms with E-state index >= 15 is 0 Å². The molecule has 0 radical (unpaired) electrons. The van der Waals surface area contributed by atoms with Crippen LogP contribution < -0.4 is 5.73 Å². The van der Waals surface area contributed by atoms with Crippen molar-refractivity contribution in [3.8, 4) is 0 Å². The topological polar surface area (TPSA) is 47.7 Å². The average Bonchev–Trinajstić information content (AvgIpc) is 2.36. The van der Waals surface area contributed by atoms with Gasteiger partial charge in [-0.15, -0.1) is 0 Å². The molecule has 0 aromatic rings. The highest BCUT2D eigenvalue weighted by atomic mass is 16.5. The molecule has 0 aliphatic carbocycles. The number of methoxy groups -OCH3 is 2. The van der Waals surface area contributed by atoms with Gasteiger partial charge in [-0.05, 0) is 52.1 Å². The molecule has 0 spiro atoms. The average molecular weight is 258 g/mol. The molecular formula is C14H30N2O2. The minimum Gasteiger partial charge on any atom is -0.384 e. The Labute approximate surface area is 112 Å².